The molecule has 0 aliphatic carbocycles. The van der Waals surface area contributed by atoms with Crippen LogP contribution in [0.4, 0.5) is 5.82 Å². The van der Waals surface area contributed by atoms with Gasteiger partial charge in [0.2, 0.25) is 9.84 Å². The molecule has 1 N–H and O–H groups in total. The van der Waals surface area contributed by atoms with Gasteiger partial charge in [-0.3, -0.25) is 4.72 Å². The number of hydrogen-bond donors (Lipinski definition) is 1. The van der Waals surface area contributed by atoms with Crippen molar-refractivity contribution >= 4 is 59.5 Å². The first-order valence-corrected chi connectivity index (χ1v) is 16.0. The maximum absolute atomic E-state index is 14.3. The monoisotopic (exact) mass is 596 g/mol. The van der Waals surface area contributed by atoms with E-state index in [1.807, 2.05) is 13.0 Å². The van der Waals surface area contributed by atoms with Crippen molar-refractivity contribution in [2.45, 2.75) is 47.1 Å². The fraction of sp³-hybridized carbons (Fsp3) is 0.214. The van der Waals surface area contributed by atoms with Crippen LogP contribution in [-0.4, -0.2) is 44.1 Å². The lowest BCUT2D eigenvalue weighted by Crippen LogP contribution is -2.21. The number of rotatable bonds is 7. The van der Waals surface area contributed by atoms with Gasteiger partial charge in [0.15, 0.2) is 5.65 Å². The summed E-state index contributed by atoms with van der Waals surface area (Å²) in [5.74, 6) is -0.142. The molecule has 0 bridgehead atoms. The van der Waals surface area contributed by atoms with E-state index in [1.54, 1.807) is 34.9 Å². The van der Waals surface area contributed by atoms with Crippen molar-refractivity contribution < 1.29 is 21.6 Å². The molecule has 9 nitrogen and oxygen atoms in total. The Balaban J connectivity index is 1.66. The van der Waals surface area contributed by atoms with E-state index < -0.39 is 19.9 Å². The number of sulfonamides is 1. The number of halogens is 1. The van der Waals surface area contributed by atoms with Crippen LogP contribution < -0.4 is 4.72 Å². The van der Waals surface area contributed by atoms with E-state index in [2.05, 4.69) is 4.72 Å². The minimum atomic E-state index is -4.27. The summed E-state index contributed by atoms with van der Waals surface area (Å²) in [7, 11) is -8.51. The molecule has 1 fully saturated rings. The fourth-order valence-electron chi connectivity index (χ4n) is 4.83. The van der Waals surface area contributed by atoms with Crippen molar-refractivity contribution in [2.24, 2.45) is 0 Å². The number of ether oxygens (including phenoxy) is 1. The number of sulfone groups is 1. The lowest BCUT2D eigenvalue weighted by Gasteiger charge is -2.17. The molecular weight excluding hydrogens is 572 g/mol. The molecule has 0 saturated carbocycles. The van der Waals surface area contributed by atoms with Gasteiger partial charge in [-0.15, -0.1) is 0 Å². The van der Waals surface area contributed by atoms with Crippen LogP contribution in [-0.2, 0) is 31.1 Å². The van der Waals surface area contributed by atoms with Crippen molar-refractivity contribution in [2.75, 3.05) is 11.3 Å². The molecule has 12 heteroatoms. The highest BCUT2D eigenvalue weighted by atomic mass is 35.5. The predicted octanol–water partition coefficient (Wildman–Crippen LogP) is 5.36. The van der Waals surface area contributed by atoms with Gasteiger partial charge in [0, 0.05) is 11.6 Å². The van der Waals surface area contributed by atoms with Gasteiger partial charge in [-0.25, -0.2) is 26.8 Å². The number of nitrogens with zero attached hydrogens (tertiary/aromatic N) is 3. The second-order valence-electron chi connectivity index (χ2n) is 9.68. The largest absolute Gasteiger partial charge is 0.376 e. The van der Waals surface area contributed by atoms with Crippen molar-refractivity contribution in [1.29, 1.82) is 0 Å². The molecule has 1 aliphatic heterocycles. The highest BCUT2D eigenvalue weighted by Gasteiger charge is 2.35. The van der Waals surface area contributed by atoms with Crippen LogP contribution >= 0.6 is 11.6 Å². The minimum absolute atomic E-state index is 0.0103. The van der Waals surface area contributed by atoms with E-state index in [9.17, 15) is 16.8 Å². The standard InChI is InChI=1S/C28H25ClN4O5S2/c1-18-8-12-21(13-9-18)39(34,35)26-25-27(31-24-7-3-2-6-23(24)30-25)33(17-20-5-4-16-38-20)28(26)32-40(36,37)22-14-10-19(29)11-15-22/h2-3,6-15,20,32H,4-5,16-17H2,1H3/t20-/m1/s1. The number of fused-ring (bicyclic) bond motifs is 2. The average Bonchev–Trinajstić information content (AvgIpc) is 3.54. The van der Waals surface area contributed by atoms with Gasteiger partial charge < -0.3 is 9.30 Å². The van der Waals surface area contributed by atoms with Crippen LogP contribution in [0.3, 0.4) is 0 Å². The number of aromatic nitrogens is 3. The second-order valence-corrected chi connectivity index (χ2v) is 13.7. The van der Waals surface area contributed by atoms with Gasteiger partial charge in [0.05, 0.1) is 33.5 Å². The molecule has 1 atom stereocenters. The molecule has 1 saturated heterocycles. The molecule has 0 amide bonds. The molecule has 3 heterocycles. The molecule has 1 aliphatic rings. The average molecular weight is 597 g/mol. The number of anilines is 1. The van der Waals surface area contributed by atoms with Gasteiger partial charge in [0.25, 0.3) is 10.0 Å². The first-order chi connectivity index (χ1) is 19.1. The third kappa shape index (κ3) is 4.83. The summed E-state index contributed by atoms with van der Waals surface area (Å²) in [6.07, 6.45) is 1.33. The molecule has 0 radical (unpaired) electrons. The molecule has 3 aromatic carbocycles. The molecule has 0 unspecified atom stereocenters. The number of benzene rings is 3. The van der Waals surface area contributed by atoms with Gasteiger partial charge in [0.1, 0.15) is 16.2 Å². The van der Waals surface area contributed by atoms with E-state index in [0.717, 1.165) is 18.4 Å². The third-order valence-electron chi connectivity index (χ3n) is 6.87. The summed E-state index contributed by atoms with van der Waals surface area (Å²) in [6, 6.07) is 19.1. The quantitative estimate of drug-likeness (QED) is 0.268. The Hall–Kier alpha value is -3.51. The molecule has 6 rings (SSSR count). The fourth-order valence-corrected chi connectivity index (χ4v) is 7.64. The van der Waals surface area contributed by atoms with Gasteiger partial charge in [-0.2, -0.15) is 0 Å². The minimum Gasteiger partial charge on any atom is -0.376 e. The summed E-state index contributed by atoms with van der Waals surface area (Å²) in [5, 5.41) is 0.370. The number of nitrogens with one attached hydrogen (secondary N) is 1. The van der Waals surface area contributed by atoms with Crippen molar-refractivity contribution in [3.63, 3.8) is 0 Å². The van der Waals surface area contributed by atoms with Gasteiger partial charge in [-0.05, 0) is 68.3 Å². The Bertz CT molecular complexity index is 1950. The van der Waals surface area contributed by atoms with Crippen LogP contribution in [0.25, 0.3) is 22.2 Å². The molecule has 5 aromatic rings. The first kappa shape index (κ1) is 26.7. The Kier molecular flexibility index (Phi) is 6.78. The molecule has 40 heavy (non-hydrogen) atoms. The van der Waals surface area contributed by atoms with Gasteiger partial charge in [-0.1, -0.05) is 41.4 Å². The summed E-state index contributed by atoms with van der Waals surface area (Å²) in [5.41, 5.74) is 2.23. The highest BCUT2D eigenvalue weighted by molar-refractivity contribution is 7.93. The SMILES string of the molecule is Cc1ccc(S(=O)(=O)c2c(NS(=O)(=O)c3ccc(Cl)cc3)n(C[C@H]3CCCO3)c3nc4ccccc4nc23)cc1. The van der Waals surface area contributed by atoms with E-state index in [-0.39, 0.29) is 44.3 Å². The number of hydrogen-bond acceptors (Lipinski definition) is 7. The maximum Gasteiger partial charge on any atom is 0.263 e. The van der Waals surface area contributed by atoms with E-state index in [4.69, 9.17) is 26.3 Å². The zero-order valence-corrected chi connectivity index (χ0v) is 23.8. The first-order valence-electron chi connectivity index (χ1n) is 12.6. The Labute approximate surface area is 236 Å². The highest BCUT2D eigenvalue weighted by Crippen LogP contribution is 2.39. The van der Waals surface area contributed by atoms with Crippen LogP contribution in [0.15, 0.2) is 87.5 Å². The van der Waals surface area contributed by atoms with Crippen LogP contribution in [0.1, 0.15) is 18.4 Å². The Morgan fingerprint density at radius 2 is 1.57 bits per heavy atom. The van der Waals surface area contributed by atoms with Crippen molar-refractivity contribution in [1.82, 2.24) is 14.5 Å². The normalized spacial score (nSPS) is 16.1. The summed E-state index contributed by atoms with van der Waals surface area (Å²) in [4.78, 5) is 9.14. The molecular formula is C28H25ClN4O5S2. The topological polar surface area (TPSA) is 120 Å². The molecule has 206 valence electrons. The van der Waals surface area contributed by atoms with Crippen LogP contribution in [0.5, 0.6) is 0 Å². The number of aryl methyl sites for hydroxylation is 1. The Morgan fingerprint density at radius 3 is 2.23 bits per heavy atom. The smallest absolute Gasteiger partial charge is 0.263 e. The summed E-state index contributed by atoms with van der Waals surface area (Å²) < 4.78 is 65.8. The summed E-state index contributed by atoms with van der Waals surface area (Å²) in [6.45, 7) is 2.61. The second kappa shape index (κ2) is 10.2. The zero-order chi connectivity index (χ0) is 28.1. The Morgan fingerprint density at radius 1 is 0.925 bits per heavy atom. The van der Waals surface area contributed by atoms with E-state index in [0.29, 0.717) is 22.7 Å². The molecule has 2 aromatic heterocycles. The zero-order valence-electron chi connectivity index (χ0n) is 21.4. The van der Waals surface area contributed by atoms with Crippen LogP contribution in [0.2, 0.25) is 5.02 Å². The maximum atomic E-state index is 14.3. The van der Waals surface area contributed by atoms with Crippen molar-refractivity contribution in [3.8, 4) is 0 Å². The summed E-state index contributed by atoms with van der Waals surface area (Å²) >= 11 is 5.98. The molecule has 0 spiro atoms. The lowest BCUT2D eigenvalue weighted by molar-refractivity contribution is 0.0983. The van der Waals surface area contributed by atoms with Gasteiger partial charge >= 0.3 is 0 Å². The third-order valence-corrected chi connectivity index (χ3v) is 10.3. The lowest BCUT2D eigenvalue weighted by atomic mass is 10.2. The number of para-hydroxylation sites is 2. The van der Waals surface area contributed by atoms with E-state index in [1.165, 1.54) is 36.4 Å². The van der Waals surface area contributed by atoms with E-state index >= 15 is 0 Å². The van der Waals surface area contributed by atoms with Crippen molar-refractivity contribution in [3.05, 3.63) is 83.4 Å². The predicted molar refractivity (Wildman–Crippen MR) is 153 cm³/mol. The van der Waals surface area contributed by atoms with Crippen LogP contribution in [0, 0.1) is 6.92 Å².